The van der Waals surface area contributed by atoms with Gasteiger partial charge in [0.2, 0.25) is 0 Å². The van der Waals surface area contributed by atoms with Crippen molar-refractivity contribution < 1.29 is 46.1 Å². The molecule has 1 aliphatic rings. The molecule has 0 unspecified atom stereocenters. The lowest BCUT2D eigenvalue weighted by Crippen LogP contribution is -2.67. The van der Waals surface area contributed by atoms with Gasteiger partial charge in [0.25, 0.3) is 0 Å². The van der Waals surface area contributed by atoms with Gasteiger partial charge in [0.05, 0.1) is 27.4 Å². The second-order valence-corrected chi connectivity index (χ2v) is 3.45. The molecule has 0 saturated carbocycles. The molecule has 0 aromatic rings. The van der Waals surface area contributed by atoms with E-state index in [0.29, 0.717) is 14.2 Å². The van der Waals surface area contributed by atoms with Crippen LogP contribution in [0.25, 0.3) is 0 Å². The van der Waals surface area contributed by atoms with Crippen LogP contribution < -0.4 is 0 Å². The van der Waals surface area contributed by atoms with Crippen molar-refractivity contribution in [2.45, 2.75) is 17.6 Å². The van der Waals surface area contributed by atoms with Crippen molar-refractivity contribution in [2.75, 3.05) is 27.4 Å². The first-order valence-electron chi connectivity index (χ1n) is 4.87. The number of ether oxygens (including phenoxy) is 4. The van der Waals surface area contributed by atoms with Gasteiger partial charge in [0, 0.05) is 0 Å². The highest BCUT2D eigenvalue weighted by molar-refractivity contribution is 5.84. The molecular formula is C9H10F4O6. The molecule has 0 radical (unpaired) electrons. The number of methoxy groups -OCH3 is 2. The Labute approximate surface area is 104 Å². The third-order valence-corrected chi connectivity index (χ3v) is 2.40. The first-order valence-corrected chi connectivity index (χ1v) is 4.87. The van der Waals surface area contributed by atoms with Crippen LogP contribution in [0.4, 0.5) is 17.6 Å². The molecule has 10 heteroatoms. The molecule has 1 saturated heterocycles. The van der Waals surface area contributed by atoms with Gasteiger partial charge in [-0.3, -0.25) is 0 Å². The summed E-state index contributed by atoms with van der Waals surface area (Å²) in [6.45, 7) is -1.31. The highest BCUT2D eigenvalue weighted by Gasteiger charge is 2.80. The summed E-state index contributed by atoms with van der Waals surface area (Å²) in [4.78, 5) is 21.9. The van der Waals surface area contributed by atoms with Crippen molar-refractivity contribution in [2.24, 2.45) is 0 Å². The van der Waals surface area contributed by atoms with E-state index >= 15 is 0 Å². The number of rotatable bonds is 4. The Morgan fingerprint density at radius 3 is 1.53 bits per heavy atom. The molecule has 0 spiro atoms. The molecule has 0 aromatic carbocycles. The maximum atomic E-state index is 13.8. The number of halogens is 4. The van der Waals surface area contributed by atoms with Crippen molar-refractivity contribution in [1.82, 2.24) is 0 Å². The van der Waals surface area contributed by atoms with E-state index in [9.17, 15) is 27.2 Å². The molecule has 0 aliphatic carbocycles. The maximum Gasteiger partial charge on any atom is 0.402 e. The van der Waals surface area contributed by atoms with E-state index in [-0.39, 0.29) is 0 Å². The van der Waals surface area contributed by atoms with Crippen molar-refractivity contribution in [3.63, 3.8) is 0 Å². The average molecular weight is 290 g/mol. The van der Waals surface area contributed by atoms with Gasteiger partial charge in [0.15, 0.2) is 0 Å². The standard InChI is InChI=1S/C9H10F4O6/c1-16-5(14)7(10,11)9(18-3-4-19-9)8(12,13)6(15)17-2/h3-4H2,1-2H3. The lowest BCUT2D eigenvalue weighted by Gasteiger charge is -2.36. The molecule has 1 fully saturated rings. The lowest BCUT2D eigenvalue weighted by molar-refractivity contribution is -0.358. The van der Waals surface area contributed by atoms with E-state index in [0.717, 1.165) is 0 Å². The van der Waals surface area contributed by atoms with Gasteiger partial charge in [-0.1, -0.05) is 0 Å². The van der Waals surface area contributed by atoms with Crippen molar-refractivity contribution >= 4 is 11.9 Å². The van der Waals surface area contributed by atoms with Crippen molar-refractivity contribution in [3.8, 4) is 0 Å². The number of carbonyl (C=O) groups is 2. The highest BCUT2D eigenvalue weighted by atomic mass is 19.3. The zero-order chi connectivity index (χ0) is 14.9. The predicted octanol–water partition coefficient (Wildman–Crippen LogP) is 0.346. The van der Waals surface area contributed by atoms with E-state index in [1.807, 2.05) is 0 Å². The van der Waals surface area contributed by atoms with Crippen LogP contribution in [0.15, 0.2) is 0 Å². The fraction of sp³-hybridized carbons (Fsp3) is 0.778. The molecule has 0 bridgehead atoms. The largest absolute Gasteiger partial charge is 0.464 e. The summed E-state index contributed by atoms with van der Waals surface area (Å²) in [6, 6.07) is 0. The normalized spacial score (nSPS) is 19.1. The minimum atomic E-state index is -4.91. The summed E-state index contributed by atoms with van der Waals surface area (Å²) in [5, 5.41) is 0. The second kappa shape index (κ2) is 4.93. The Hall–Kier alpha value is -1.42. The molecule has 110 valence electrons. The third kappa shape index (κ3) is 2.04. The van der Waals surface area contributed by atoms with Crippen LogP contribution in [-0.2, 0) is 28.5 Å². The summed E-state index contributed by atoms with van der Waals surface area (Å²) in [5.41, 5.74) is 0. The summed E-state index contributed by atoms with van der Waals surface area (Å²) < 4.78 is 70.9. The third-order valence-electron chi connectivity index (χ3n) is 2.40. The van der Waals surface area contributed by atoms with E-state index in [2.05, 4.69) is 18.9 Å². The second-order valence-electron chi connectivity index (χ2n) is 3.45. The molecule has 19 heavy (non-hydrogen) atoms. The molecule has 6 nitrogen and oxygen atoms in total. The van der Waals surface area contributed by atoms with Gasteiger partial charge in [0.1, 0.15) is 0 Å². The number of hydrogen-bond donors (Lipinski definition) is 0. The molecule has 0 amide bonds. The van der Waals surface area contributed by atoms with Gasteiger partial charge in [-0.05, 0) is 0 Å². The Balaban J connectivity index is 3.33. The van der Waals surface area contributed by atoms with Crippen molar-refractivity contribution in [1.29, 1.82) is 0 Å². The Morgan fingerprint density at radius 2 is 1.26 bits per heavy atom. The van der Waals surface area contributed by atoms with E-state index in [4.69, 9.17) is 0 Å². The average Bonchev–Trinajstić information content (AvgIpc) is 2.87. The smallest absolute Gasteiger partial charge is 0.402 e. The summed E-state index contributed by atoms with van der Waals surface area (Å²) in [5.74, 6) is -18.5. The van der Waals surface area contributed by atoms with Crippen LogP contribution in [0.2, 0.25) is 0 Å². The first kappa shape index (κ1) is 15.6. The van der Waals surface area contributed by atoms with Crippen LogP contribution in [-0.4, -0.2) is 57.0 Å². The first-order chi connectivity index (χ1) is 8.67. The zero-order valence-electron chi connectivity index (χ0n) is 9.88. The highest BCUT2D eigenvalue weighted by Crippen LogP contribution is 2.48. The van der Waals surface area contributed by atoms with Gasteiger partial charge >= 0.3 is 29.6 Å². The van der Waals surface area contributed by atoms with Crippen LogP contribution >= 0.6 is 0 Å². The molecule has 1 aliphatic heterocycles. The van der Waals surface area contributed by atoms with E-state index in [1.165, 1.54) is 0 Å². The lowest BCUT2D eigenvalue weighted by atomic mass is 10.0. The quantitative estimate of drug-likeness (QED) is 0.549. The topological polar surface area (TPSA) is 71.1 Å². The fourth-order valence-electron chi connectivity index (χ4n) is 1.50. The maximum absolute atomic E-state index is 13.8. The molecule has 1 rings (SSSR count). The monoisotopic (exact) mass is 290 g/mol. The predicted molar refractivity (Wildman–Crippen MR) is 48.6 cm³/mol. The van der Waals surface area contributed by atoms with E-state index in [1.54, 1.807) is 0 Å². The Kier molecular flexibility index (Phi) is 4.06. The molecule has 1 heterocycles. The van der Waals surface area contributed by atoms with Crippen LogP contribution in [0.3, 0.4) is 0 Å². The molecule has 0 atom stereocenters. The van der Waals surface area contributed by atoms with Crippen LogP contribution in [0.1, 0.15) is 0 Å². The SMILES string of the molecule is COC(=O)C(F)(F)C1(C(F)(F)C(=O)OC)OCCO1. The van der Waals surface area contributed by atoms with Gasteiger partial charge < -0.3 is 18.9 Å². The summed E-state index contributed by atoms with van der Waals surface area (Å²) in [6.07, 6.45) is 0. The molecular weight excluding hydrogens is 280 g/mol. The Bertz CT molecular complexity index is 347. The zero-order valence-corrected chi connectivity index (χ0v) is 9.88. The number of alkyl halides is 4. The number of carbonyl (C=O) groups excluding carboxylic acids is 2. The van der Waals surface area contributed by atoms with Crippen LogP contribution in [0.5, 0.6) is 0 Å². The Morgan fingerprint density at radius 1 is 0.947 bits per heavy atom. The summed E-state index contributed by atoms with van der Waals surface area (Å²) in [7, 11) is 1.13. The van der Waals surface area contributed by atoms with E-state index < -0.39 is 42.8 Å². The molecule has 0 aromatic heterocycles. The minimum Gasteiger partial charge on any atom is -0.464 e. The molecule has 0 N–H and O–H groups in total. The van der Waals surface area contributed by atoms with Gasteiger partial charge in [-0.15, -0.1) is 0 Å². The van der Waals surface area contributed by atoms with Crippen molar-refractivity contribution in [3.05, 3.63) is 0 Å². The number of hydrogen-bond acceptors (Lipinski definition) is 6. The number of esters is 2. The van der Waals surface area contributed by atoms with Gasteiger partial charge in [-0.2, -0.15) is 17.6 Å². The fourth-order valence-corrected chi connectivity index (χ4v) is 1.50. The summed E-state index contributed by atoms with van der Waals surface area (Å²) >= 11 is 0. The minimum absolute atomic E-state index is 0.565. The van der Waals surface area contributed by atoms with Crippen LogP contribution in [0, 0.1) is 0 Å². The van der Waals surface area contributed by atoms with Gasteiger partial charge in [-0.25, -0.2) is 9.59 Å².